The van der Waals surface area contributed by atoms with Crippen molar-refractivity contribution in [2.75, 3.05) is 33.2 Å². The quantitative estimate of drug-likeness (QED) is 0.318. The van der Waals surface area contributed by atoms with Gasteiger partial charge in [0.2, 0.25) is 20.7 Å². The molecule has 0 aliphatic carbocycles. The number of furan rings is 1. The van der Waals surface area contributed by atoms with Crippen molar-refractivity contribution in [3.63, 3.8) is 0 Å². The molecule has 0 saturated carbocycles. The standard InChI is InChI=1S/C29H26ClN3O6S/c1-33-12-11-17-15-39-27-23(38-3)9-7-16(24(17)27)13-21(33)20-8-10-22(37-2)25-26(34)29(40(35,36)28(20)25)32-31-19-6-4-5-18(30)14-19/h4-10,14-15,21,31H,11-13H2,1-3H3/b32-29-. The van der Waals surface area contributed by atoms with E-state index in [-0.39, 0.29) is 22.3 Å². The van der Waals surface area contributed by atoms with Gasteiger partial charge in [-0.05, 0) is 66.9 Å². The van der Waals surface area contributed by atoms with Crippen LogP contribution in [0.2, 0.25) is 5.02 Å². The van der Waals surface area contributed by atoms with Gasteiger partial charge in [0, 0.05) is 23.0 Å². The Kier molecular flexibility index (Phi) is 6.56. The van der Waals surface area contributed by atoms with Crippen LogP contribution in [0.1, 0.15) is 33.1 Å². The Morgan fingerprint density at radius 2 is 1.85 bits per heavy atom. The molecule has 3 aromatic carbocycles. The minimum Gasteiger partial charge on any atom is -0.496 e. The van der Waals surface area contributed by atoms with E-state index in [1.54, 1.807) is 49.8 Å². The number of halogens is 1. The summed E-state index contributed by atoms with van der Waals surface area (Å²) in [6.45, 7) is 0.641. The average Bonchev–Trinajstić information content (AvgIpc) is 3.45. The highest BCUT2D eigenvalue weighted by molar-refractivity contribution is 8.09. The minimum atomic E-state index is -4.29. The summed E-state index contributed by atoms with van der Waals surface area (Å²) in [5.74, 6) is 0.0977. The molecule has 0 spiro atoms. The molecule has 1 aromatic heterocycles. The second-order valence-electron chi connectivity index (χ2n) is 9.78. The van der Waals surface area contributed by atoms with E-state index >= 15 is 0 Å². The van der Waals surface area contributed by atoms with Gasteiger partial charge in [-0.2, -0.15) is 5.10 Å². The summed E-state index contributed by atoms with van der Waals surface area (Å²) in [6.07, 6.45) is 2.94. The van der Waals surface area contributed by atoms with Gasteiger partial charge in [0.25, 0.3) is 0 Å². The fourth-order valence-corrected chi connectivity index (χ4v) is 7.44. The molecule has 4 aromatic rings. The third kappa shape index (κ3) is 4.14. The number of fused-ring (bicyclic) bond motifs is 1. The van der Waals surface area contributed by atoms with Gasteiger partial charge >= 0.3 is 0 Å². The Morgan fingerprint density at radius 3 is 2.60 bits per heavy atom. The first-order valence-electron chi connectivity index (χ1n) is 12.6. The lowest BCUT2D eigenvalue weighted by molar-refractivity contribution is 0.106. The molecule has 2 aliphatic heterocycles. The van der Waals surface area contributed by atoms with Crippen LogP contribution in [0.4, 0.5) is 5.69 Å². The van der Waals surface area contributed by atoms with Gasteiger partial charge in [0.15, 0.2) is 11.3 Å². The minimum absolute atomic E-state index is 0.00835. The van der Waals surface area contributed by atoms with Crippen molar-refractivity contribution < 1.29 is 27.1 Å². The molecule has 0 saturated heterocycles. The second kappa shape index (κ2) is 9.96. The summed E-state index contributed by atoms with van der Waals surface area (Å²) >= 11 is 6.05. The number of benzene rings is 3. The van der Waals surface area contributed by atoms with Gasteiger partial charge in [-0.1, -0.05) is 29.8 Å². The first-order valence-corrected chi connectivity index (χ1v) is 14.5. The van der Waals surface area contributed by atoms with Gasteiger partial charge in [0.05, 0.1) is 36.6 Å². The van der Waals surface area contributed by atoms with E-state index in [0.29, 0.717) is 47.0 Å². The third-order valence-electron chi connectivity index (χ3n) is 7.53. The van der Waals surface area contributed by atoms with Crippen LogP contribution < -0.4 is 14.9 Å². The van der Waals surface area contributed by atoms with Crippen molar-refractivity contribution in [3.05, 3.63) is 82.1 Å². The van der Waals surface area contributed by atoms with Gasteiger partial charge in [0.1, 0.15) is 5.75 Å². The molecule has 1 unspecified atom stereocenters. The number of carbonyl (C=O) groups excluding carboxylic acids is 1. The molecule has 0 radical (unpaired) electrons. The van der Waals surface area contributed by atoms with Crippen molar-refractivity contribution in [2.24, 2.45) is 5.10 Å². The number of hydrogen-bond acceptors (Lipinski definition) is 9. The van der Waals surface area contributed by atoms with Crippen molar-refractivity contribution in [1.29, 1.82) is 0 Å². The van der Waals surface area contributed by atoms with Gasteiger partial charge in [-0.25, -0.2) is 8.42 Å². The SMILES string of the molecule is COc1ccc(C2Cc3ccc(OC)c4occ(c34)CCN2C)c2c1C(=O)/C(=N/Nc1cccc(Cl)c1)S2(=O)=O. The number of methoxy groups -OCH3 is 2. The number of sulfone groups is 1. The zero-order chi connectivity index (χ0) is 28.2. The highest BCUT2D eigenvalue weighted by Crippen LogP contribution is 2.44. The van der Waals surface area contributed by atoms with Gasteiger partial charge in [-0.3, -0.25) is 15.1 Å². The van der Waals surface area contributed by atoms with E-state index in [1.165, 1.54) is 7.11 Å². The highest BCUT2D eigenvalue weighted by Gasteiger charge is 2.47. The van der Waals surface area contributed by atoms with E-state index in [1.807, 2.05) is 19.2 Å². The topological polar surface area (TPSA) is 110 Å². The van der Waals surface area contributed by atoms with Crippen molar-refractivity contribution in [1.82, 2.24) is 4.90 Å². The lowest BCUT2D eigenvalue weighted by Gasteiger charge is -2.31. The van der Waals surface area contributed by atoms with Gasteiger partial charge < -0.3 is 13.9 Å². The van der Waals surface area contributed by atoms with Crippen LogP contribution >= 0.6 is 11.6 Å². The monoisotopic (exact) mass is 579 g/mol. The molecule has 0 amide bonds. The number of likely N-dealkylation sites (N-methyl/N-ethyl adjacent to an activating group) is 1. The molecule has 3 heterocycles. The zero-order valence-electron chi connectivity index (χ0n) is 22.0. The summed E-state index contributed by atoms with van der Waals surface area (Å²) in [5.41, 5.74) is 6.36. The normalized spacial score (nSPS) is 19.4. The predicted octanol–water partition coefficient (Wildman–Crippen LogP) is 5.27. The molecule has 206 valence electrons. The fraction of sp³-hybridized carbons (Fsp3) is 0.241. The molecule has 9 nitrogen and oxygen atoms in total. The summed E-state index contributed by atoms with van der Waals surface area (Å²) in [7, 11) is 0.672. The number of Topliss-reactive ketones (excluding diaryl/α,β-unsaturated/α-hetero) is 1. The molecule has 6 rings (SSSR count). The fourth-order valence-electron chi connectivity index (χ4n) is 5.57. The highest BCUT2D eigenvalue weighted by atomic mass is 35.5. The number of carbonyl (C=O) groups is 1. The molecule has 0 bridgehead atoms. The Morgan fingerprint density at radius 1 is 1.07 bits per heavy atom. The first-order chi connectivity index (χ1) is 19.2. The van der Waals surface area contributed by atoms with Crippen LogP contribution in [0.15, 0.2) is 69.2 Å². The zero-order valence-corrected chi connectivity index (χ0v) is 23.6. The largest absolute Gasteiger partial charge is 0.496 e. The van der Waals surface area contributed by atoms with Crippen LogP contribution in [-0.4, -0.2) is 52.0 Å². The first kappa shape index (κ1) is 26.4. The molecule has 1 N–H and O–H groups in total. The summed E-state index contributed by atoms with van der Waals surface area (Å²) in [5, 5.41) is 4.88. The number of ketones is 1. The Bertz CT molecular complexity index is 1810. The van der Waals surface area contributed by atoms with Crippen molar-refractivity contribution >= 4 is 48.9 Å². The van der Waals surface area contributed by atoms with E-state index in [0.717, 1.165) is 16.5 Å². The van der Waals surface area contributed by atoms with Crippen LogP contribution in [0.3, 0.4) is 0 Å². The van der Waals surface area contributed by atoms with E-state index < -0.39 is 20.7 Å². The molecule has 11 heteroatoms. The predicted molar refractivity (Wildman–Crippen MR) is 153 cm³/mol. The average molecular weight is 580 g/mol. The lowest BCUT2D eigenvalue weighted by Crippen LogP contribution is -2.31. The van der Waals surface area contributed by atoms with Crippen LogP contribution in [0.5, 0.6) is 11.5 Å². The van der Waals surface area contributed by atoms with Crippen LogP contribution in [0, 0.1) is 0 Å². The Hall–Kier alpha value is -3.86. The smallest absolute Gasteiger partial charge is 0.230 e. The summed E-state index contributed by atoms with van der Waals surface area (Å²) in [4.78, 5) is 15.6. The molecule has 40 heavy (non-hydrogen) atoms. The molecule has 1 atom stereocenters. The third-order valence-corrected chi connectivity index (χ3v) is 9.53. The molecule has 0 fully saturated rings. The Balaban J connectivity index is 1.48. The maximum Gasteiger partial charge on any atom is 0.230 e. The van der Waals surface area contributed by atoms with Crippen molar-refractivity contribution in [3.8, 4) is 11.5 Å². The summed E-state index contributed by atoms with van der Waals surface area (Å²) in [6, 6.07) is 13.5. The molecule has 2 aliphatic rings. The lowest BCUT2D eigenvalue weighted by atomic mass is 9.90. The number of hydrazone groups is 1. The van der Waals surface area contributed by atoms with E-state index in [9.17, 15) is 13.2 Å². The van der Waals surface area contributed by atoms with E-state index in [2.05, 4.69) is 15.4 Å². The number of anilines is 1. The number of ether oxygens (including phenoxy) is 2. The molecular weight excluding hydrogens is 554 g/mol. The maximum absolute atomic E-state index is 14.0. The van der Waals surface area contributed by atoms with Gasteiger partial charge in [-0.15, -0.1) is 0 Å². The second-order valence-corrected chi connectivity index (χ2v) is 12.0. The number of nitrogens with zero attached hydrogens (tertiary/aromatic N) is 2. The Labute approximate surface area is 236 Å². The van der Waals surface area contributed by atoms with Crippen LogP contribution in [0.25, 0.3) is 11.0 Å². The number of nitrogens with one attached hydrogen (secondary N) is 1. The number of rotatable bonds is 5. The molecular formula is C29H26ClN3O6S. The maximum atomic E-state index is 14.0. The summed E-state index contributed by atoms with van der Waals surface area (Å²) < 4.78 is 44.8. The van der Waals surface area contributed by atoms with Crippen LogP contribution in [-0.2, 0) is 22.7 Å². The van der Waals surface area contributed by atoms with Crippen molar-refractivity contribution in [2.45, 2.75) is 23.8 Å². The number of hydrogen-bond donors (Lipinski definition) is 1. The van der Waals surface area contributed by atoms with E-state index in [4.69, 9.17) is 25.5 Å².